The summed E-state index contributed by atoms with van der Waals surface area (Å²) in [6.45, 7) is 0. The van der Waals surface area contributed by atoms with Crippen LogP contribution in [0.15, 0.2) is 61.1 Å². The minimum absolute atomic E-state index is 0.271. The number of nitrogens with one attached hydrogen (secondary N) is 1. The summed E-state index contributed by atoms with van der Waals surface area (Å²) in [5, 5.41) is 11.1. The molecule has 0 aliphatic heterocycles. The van der Waals surface area contributed by atoms with Crippen molar-refractivity contribution in [2.24, 2.45) is 0 Å². The molecule has 0 aliphatic rings. The molecule has 1 aromatic carbocycles. The van der Waals surface area contributed by atoms with Crippen LogP contribution in [0.4, 0.5) is 5.69 Å². The molecule has 0 aliphatic carbocycles. The molecule has 0 saturated carbocycles. The van der Waals surface area contributed by atoms with Gasteiger partial charge in [-0.15, -0.1) is 4.80 Å². The van der Waals surface area contributed by atoms with Gasteiger partial charge >= 0.3 is 0 Å². The third kappa shape index (κ3) is 3.32. The third-order valence-corrected chi connectivity index (χ3v) is 4.56. The van der Waals surface area contributed by atoms with Crippen molar-refractivity contribution >= 4 is 34.7 Å². The van der Waals surface area contributed by atoms with Crippen LogP contribution in [0.5, 0.6) is 0 Å². The fourth-order valence-electron chi connectivity index (χ4n) is 2.29. The van der Waals surface area contributed by atoms with E-state index >= 15 is 0 Å². The molecule has 128 valence electrons. The predicted octanol–water partition coefficient (Wildman–Crippen LogP) is 3.69. The average Bonchev–Trinajstić information content (AvgIpc) is 3.35. The van der Waals surface area contributed by atoms with E-state index in [1.165, 1.54) is 23.4 Å². The highest BCUT2D eigenvalue weighted by Gasteiger charge is 2.14. The molecule has 4 rings (SSSR count). The fraction of sp³-hybridized carbons (Fsp3) is 0. The van der Waals surface area contributed by atoms with E-state index in [9.17, 15) is 4.79 Å². The summed E-state index contributed by atoms with van der Waals surface area (Å²) >= 11 is 7.35. The van der Waals surface area contributed by atoms with Crippen molar-refractivity contribution in [1.29, 1.82) is 0 Å². The minimum atomic E-state index is -0.271. The predicted molar refractivity (Wildman–Crippen MR) is 99.7 cm³/mol. The van der Waals surface area contributed by atoms with Crippen LogP contribution in [0, 0.1) is 0 Å². The molecule has 9 heteroatoms. The van der Waals surface area contributed by atoms with Gasteiger partial charge in [0.15, 0.2) is 5.82 Å². The van der Waals surface area contributed by atoms with Crippen molar-refractivity contribution < 1.29 is 4.79 Å². The van der Waals surface area contributed by atoms with E-state index < -0.39 is 0 Å². The lowest BCUT2D eigenvalue weighted by Gasteiger charge is -2.06. The van der Waals surface area contributed by atoms with Gasteiger partial charge in [-0.25, -0.2) is 4.98 Å². The summed E-state index contributed by atoms with van der Waals surface area (Å²) in [7, 11) is 0. The highest BCUT2D eigenvalue weighted by Crippen LogP contribution is 2.24. The number of carbonyl (C=O) groups excluding carboxylic acids is 1. The van der Waals surface area contributed by atoms with Crippen LogP contribution in [0.25, 0.3) is 17.1 Å². The highest BCUT2D eigenvalue weighted by atomic mass is 35.5. The van der Waals surface area contributed by atoms with Gasteiger partial charge in [-0.1, -0.05) is 41.9 Å². The van der Waals surface area contributed by atoms with Crippen molar-refractivity contribution in [2.75, 3.05) is 5.32 Å². The number of rotatable bonds is 4. The Morgan fingerprint density at radius 3 is 2.62 bits per heavy atom. The van der Waals surface area contributed by atoms with Crippen LogP contribution < -0.4 is 5.32 Å². The van der Waals surface area contributed by atoms with E-state index in [1.807, 2.05) is 30.3 Å². The monoisotopic (exact) mass is 382 g/mol. The van der Waals surface area contributed by atoms with Gasteiger partial charge in [0.05, 0.1) is 35.0 Å². The van der Waals surface area contributed by atoms with Crippen molar-refractivity contribution in [3.63, 3.8) is 0 Å². The Labute approximate surface area is 157 Å². The number of pyridine rings is 1. The minimum Gasteiger partial charge on any atom is -0.320 e. The molecular formula is C17H11ClN6OS. The Morgan fingerprint density at radius 2 is 1.88 bits per heavy atom. The molecule has 26 heavy (non-hydrogen) atoms. The van der Waals surface area contributed by atoms with Gasteiger partial charge in [0.25, 0.3) is 5.91 Å². The van der Waals surface area contributed by atoms with E-state index in [1.54, 1.807) is 12.1 Å². The second-order valence-electron chi connectivity index (χ2n) is 5.24. The summed E-state index contributed by atoms with van der Waals surface area (Å²) in [6, 6.07) is 13.0. The number of hydrogen-bond acceptors (Lipinski definition) is 6. The first-order chi connectivity index (χ1) is 12.7. The molecule has 1 N–H and O–H groups in total. The maximum Gasteiger partial charge on any atom is 0.267 e. The molecule has 0 fully saturated rings. The number of nitrogens with zero attached hydrogens (tertiary/aromatic N) is 5. The zero-order valence-corrected chi connectivity index (χ0v) is 14.8. The lowest BCUT2D eigenvalue weighted by Crippen LogP contribution is -2.11. The Morgan fingerprint density at radius 1 is 1.12 bits per heavy atom. The molecule has 7 nitrogen and oxygen atoms in total. The van der Waals surface area contributed by atoms with E-state index in [4.69, 9.17) is 11.6 Å². The standard InChI is InChI=1S/C17H11ClN6OS/c18-13-8-12(10-19-16(13)24-20-6-7-21-24)22-17(25)15-9-14(23-26-15)11-4-2-1-3-5-11/h1-10H,(H,22,25). The second kappa shape index (κ2) is 7.03. The SMILES string of the molecule is O=C(Nc1cnc(-n2nccn2)c(Cl)c1)c1cc(-c2ccccc2)ns1. The molecule has 0 atom stereocenters. The topological polar surface area (TPSA) is 85.6 Å². The molecule has 0 spiro atoms. The normalized spacial score (nSPS) is 10.7. The second-order valence-corrected chi connectivity index (χ2v) is 6.46. The molecule has 0 radical (unpaired) electrons. The van der Waals surface area contributed by atoms with Gasteiger partial charge in [0, 0.05) is 5.56 Å². The largest absolute Gasteiger partial charge is 0.320 e. The summed E-state index contributed by atoms with van der Waals surface area (Å²) in [4.78, 5) is 18.4. The maximum absolute atomic E-state index is 12.4. The van der Waals surface area contributed by atoms with E-state index in [-0.39, 0.29) is 5.91 Å². The van der Waals surface area contributed by atoms with Gasteiger partial charge in [0.2, 0.25) is 0 Å². The van der Waals surface area contributed by atoms with Crippen LogP contribution in [0.3, 0.4) is 0 Å². The zero-order chi connectivity index (χ0) is 17.9. The quantitative estimate of drug-likeness (QED) is 0.581. The average molecular weight is 383 g/mol. The smallest absolute Gasteiger partial charge is 0.267 e. The number of amides is 1. The molecule has 3 heterocycles. The number of halogens is 1. The van der Waals surface area contributed by atoms with Crippen molar-refractivity contribution in [2.45, 2.75) is 0 Å². The molecule has 0 bridgehead atoms. The van der Waals surface area contributed by atoms with Crippen molar-refractivity contribution in [3.8, 4) is 17.1 Å². The van der Waals surface area contributed by atoms with Gasteiger partial charge in [-0.05, 0) is 23.7 Å². The molecular weight excluding hydrogens is 372 g/mol. The molecule has 1 amide bonds. The summed E-state index contributed by atoms with van der Waals surface area (Å²) in [5.41, 5.74) is 2.20. The summed E-state index contributed by atoms with van der Waals surface area (Å²) in [5.74, 6) is 0.117. The number of anilines is 1. The van der Waals surface area contributed by atoms with Gasteiger partial charge < -0.3 is 5.32 Å². The molecule has 3 aromatic heterocycles. The summed E-state index contributed by atoms with van der Waals surface area (Å²) in [6.07, 6.45) is 4.56. The first-order valence-electron chi connectivity index (χ1n) is 7.56. The Balaban J connectivity index is 1.52. The lowest BCUT2D eigenvalue weighted by molar-refractivity contribution is 0.103. The molecule has 0 saturated heterocycles. The maximum atomic E-state index is 12.4. The lowest BCUT2D eigenvalue weighted by atomic mass is 10.1. The van der Waals surface area contributed by atoms with Crippen molar-refractivity contribution in [3.05, 3.63) is 71.0 Å². The van der Waals surface area contributed by atoms with Crippen LogP contribution in [0.1, 0.15) is 9.67 Å². The van der Waals surface area contributed by atoms with Crippen LogP contribution >= 0.6 is 23.1 Å². The van der Waals surface area contributed by atoms with Crippen LogP contribution in [-0.2, 0) is 0 Å². The Hall–Kier alpha value is -3.10. The first kappa shape index (κ1) is 16.4. The van der Waals surface area contributed by atoms with E-state index in [0.29, 0.717) is 21.4 Å². The highest BCUT2D eigenvalue weighted by molar-refractivity contribution is 7.08. The number of benzene rings is 1. The van der Waals surface area contributed by atoms with Gasteiger partial charge in [-0.3, -0.25) is 4.79 Å². The number of aromatic nitrogens is 5. The van der Waals surface area contributed by atoms with Crippen LogP contribution in [-0.4, -0.2) is 30.3 Å². The van der Waals surface area contributed by atoms with Crippen LogP contribution in [0.2, 0.25) is 5.02 Å². The molecule has 4 aromatic rings. The van der Waals surface area contributed by atoms with E-state index in [2.05, 4.69) is 24.9 Å². The Kier molecular flexibility index (Phi) is 4.42. The zero-order valence-electron chi connectivity index (χ0n) is 13.2. The van der Waals surface area contributed by atoms with Gasteiger partial charge in [-0.2, -0.15) is 14.6 Å². The molecule has 0 unspecified atom stereocenters. The summed E-state index contributed by atoms with van der Waals surface area (Å²) < 4.78 is 4.33. The fourth-order valence-corrected chi connectivity index (χ4v) is 3.19. The number of carbonyl (C=O) groups is 1. The first-order valence-corrected chi connectivity index (χ1v) is 8.71. The Bertz CT molecular complexity index is 1050. The van der Waals surface area contributed by atoms with Gasteiger partial charge in [0.1, 0.15) is 4.88 Å². The van der Waals surface area contributed by atoms with Crippen molar-refractivity contribution in [1.82, 2.24) is 24.4 Å². The third-order valence-electron chi connectivity index (χ3n) is 3.49. The number of hydrogen-bond donors (Lipinski definition) is 1. The van der Waals surface area contributed by atoms with E-state index in [0.717, 1.165) is 22.8 Å².